The minimum atomic E-state index is 0.881. The standard InChI is InChI=1S/C50H31NO2/c1-2-11-38-32(9-1)10-7-14-39(38)33-19-23-35(24-20-33)51(37-27-29-48-45(31-37)42-12-3-5-17-46(42)52-48)36-25-21-34(22-26-36)40-15-8-16-43-41(40)28-30-49-50(43)44-13-4-6-18-47(44)53-49/h1-31H. The summed E-state index contributed by atoms with van der Waals surface area (Å²) < 4.78 is 12.4. The van der Waals surface area contributed by atoms with E-state index in [1.807, 2.05) is 24.3 Å². The summed E-state index contributed by atoms with van der Waals surface area (Å²) in [4.78, 5) is 2.34. The molecule has 248 valence electrons. The molecular formula is C50H31NO2. The maximum Gasteiger partial charge on any atom is 0.136 e. The third-order valence-electron chi connectivity index (χ3n) is 10.7. The Morgan fingerprint density at radius 1 is 0.302 bits per heavy atom. The first-order valence-electron chi connectivity index (χ1n) is 18.0. The second kappa shape index (κ2) is 11.7. The Bertz CT molecular complexity index is 3160. The summed E-state index contributed by atoms with van der Waals surface area (Å²) >= 11 is 0. The zero-order valence-electron chi connectivity index (χ0n) is 28.7. The number of anilines is 3. The molecule has 3 heteroatoms. The molecule has 11 rings (SSSR count). The summed E-state index contributed by atoms with van der Waals surface area (Å²) in [7, 11) is 0. The molecule has 0 spiro atoms. The van der Waals surface area contributed by atoms with Crippen LogP contribution in [0.4, 0.5) is 17.1 Å². The molecule has 0 bridgehead atoms. The van der Waals surface area contributed by atoms with E-state index in [0.29, 0.717) is 0 Å². The van der Waals surface area contributed by atoms with Gasteiger partial charge in [0.15, 0.2) is 0 Å². The molecular weight excluding hydrogens is 647 g/mol. The Morgan fingerprint density at radius 3 is 1.57 bits per heavy atom. The molecule has 0 saturated carbocycles. The van der Waals surface area contributed by atoms with Crippen LogP contribution < -0.4 is 4.90 Å². The van der Waals surface area contributed by atoms with E-state index >= 15 is 0 Å². The van der Waals surface area contributed by atoms with Crippen molar-refractivity contribution in [2.24, 2.45) is 0 Å². The lowest BCUT2D eigenvalue weighted by Crippen LogP contribution is -2.09. The van der Waals surface area contributed by atoms with Crippen LogP contribution in [-0.2, 0) is 0 Å². The number of hydrogen-bond acceptors (Lipinski definition) is 3. The molecule has 0 fully saturated rings. The lowest BCUT2D eigenvalue weighted by molar-refractivity contribution is 0.668. The van der Waals surface area contributed by atoms with E-state index < -0.39 is 0 Å². The van der Waals surface area contributed by atoms with Crippen LogP contribution in [0.2, 0.25) is 0 Å². The van der Waals surface area contributed by atoms with E-state index in [-0.39, 0.29) is 0 Å². The maximum absolute atomic E-state index is 6.22. The number of para-hydroxylation sites is 2. The summed E-state index contributed by atoms with van der Waals surface area (Å²) in [5.41, 5.74) is 11.6. The van der Waals surface area contributed by atoms with E-state index in [9.17, 15) is 0 Å². The van der Waals surface area contributed by atoms with E-state index in [4.69, 9.17) is 8.83 Å². The van der Waals surface area contributed by atoms with E-state index in [1.54, 1.807) is 0 Å². The second-order valence-electron chi connectivity index (χ2n) is 13.7. The molecule has 0 atom stereocenters. The minimum absolute atomic E-state index is 0.881. The molecule has 3 nitrogen and oxygen atoms in total. The van der Waals surface area contributed by atoms with Crippen molar-refractivity contribution in [3.8, 4) is 22.3 Å². The zero-order valence-corrected chi connectivity index (χ0v) is 28.7. The zero-order chi connectivity index (χ0) is 34.9. The van der Waals surface area contributed by atoms with E-state index in [1.165, 1.54) is 38.2 Å². The molecule has 0 N–H and O–H groups in total. The predicted molar refractivity (Wildman–Crippen MR) is 222 cm³/mol. The fourth-order valence-corrected chi connectivity index (χ4v) is 8.19. The Kier molecular flexibility index (Phi) is 6.55. The highest BCUT2D eigenvalue weighted by atomic mass is 16.3. The van der Waals surface area contributed by atoms with Crippen LogP contribution in [0.3, 0.4) is 0 Å². The van der Waals surface area contributed by atoms with Crippen LogP contribution in [0.15, 0.2) is 197 Å². The highest BCUT2D eigenvalue weighted by molar-refractivity contribution is 6.21. The van der Waals surface area contributed by atoms with Gasteiger partial charge in [-0.3, -0.25) is 0 Å². The number of fused-ring (bicyclic) bond motifs is 9. The average molecular weight is 678 g/mol. The molecule has 11 aromatic rings. The van der Waals surface area contributed by atoms with Crippen molar-refractivity contribution in [3.63, 3.8) is 0 Å². The van der Waals surface area contributed by atoms with Crippen LogP contribution in [0.1, 0.15) is 0 Å². The number of hydrogen-bond donors (Lipinski definition) is 0. The average Bonchev–Trinajstić information content (AvgIpc) is 3.80. The fraction of sp³-hybridized carbons (Fsp3) is 0. The quantitative estimate of drug-likeness (QED) is 0.182. The Balaban J connectivity index is 1.04. The van der Waals surface area contributed by atoms with Crippen LogP contribution in [-0.4, -0.2) is 0 Å². The van der Waals surface area contributed by atoms with Gasteiger partial charge in [-0.2, -0.15) is 0 Å². The largest absolute Gasteiger partial charge is 0.456 e. The summed E-state index contributed by atoms with van der Waals surface area (Å²) in [5, 5.41) is 9.41. The van der Waals surface area contributed by atoms with Gasteiger partial charge in [0.1, 0.15) is 22.3 Å². The van der Waals surface area contributed by atoms with Gasteiger partial charge in [-0.1, -0.05) is 127 Å². The highest BCUT2D eigenvalue weighted by Gasteiger charge is 2.18. The SMILES string of the molecule is c1ccc2c(-c3ccc(N(c4ccc(-c5cccc6c5ccc5oc7ccccc7c56)cc4)c4ccc5oc6ccccc6c5c4)cc3)cccc2c1. The van der Waals surface area contributed by atoms with Crippen molar-refractivity contribution in [2.45, 2.75) is 0 Å². The van der Waals surface area contributed by atoms with Gasteiger partial charge in [-0.25, -0.2) is 0 Å². The summed E-state index contributed by atoms with van der Waals surface area (Å²) in [6, 6.07) is 66.9. The molecule has 2 aromatic heterocycles. The molecule has 0 unspecified atom stereocenters. The van der Waals surface area contributed by atoms with Gasteiger partial charge in [-0.15, -0.1) is 0 Å². The Labute approximate surface area is 305 Å². The van der Waals surface area contributed by atoms with Gasteiger partial charge in [-0.05, 0) is 104 Å². The van der Waals surface area contributed by atoms with Crippen molar-refractivity contribution >= 4 is 82.5 Å². The monoisotopic (exact) mass is 677 g/mol. The highest BCUT2D eigenvalue weighted by Crippen LogP contribution is 2.42. The smallest absolute Gasteiger partial charge is 0.136 e. The molecule has 2 heterocycles. The Hall–Kier alpha value is -7.10. The molecule has 53 heavy (non-hydrogen) atoms. The number of rotatable bonds is 5. The van der Waals surface area contributed by atoms with Crippen molar-refractivity contribution in [2.75, 3.05) is 4.90 Å². The molecule has 0 saturated heterocycles. The van der Waals surface area contributed by atoms with Gasteiger partial charge >= 0.3 is 0 Å². The first-order valence-corrected chi connectivity index (χ1v) is 18.0. The van der Waals surface area contributed by atoms with E-state index in [0.717, 1.165) is 66.5 Å². The normalized spacial score (nSPS) is 11.8. The number of benzene rings is 9. The summed E-state index contributed by atoms with van der Waals surface area (Å²) in [5.74, 6) is 0. The molecule has 9 aromatic carbocycles. The van der Waals surface area contributed by atoms with E-state index in [2.05, 4.69) is 169 Å². The van der Waals surface area contributed by atoms with Crippen molar-refractivity contribution in [1.82, 2.24) is 0 Å². The number of furan rings is 2. The van der Waals surface area contributed by atoms with Crippen LogP contribution in [0, 0.1) is 0 Å². The fourth-order valence-electron chi connectivity index (χ4n) is 8.19. The minimum Gasteiger partial charge on any atom is -0.456 e. The maximum atomic E-state index is 6.22. The van der Waals surface area contributed by atoms with Gasteiger partial charge in [0.2, 0.25) is 0 Å². The van der Waals surface area contributed by atoms with Crippen molar-refractivity contribution in [1.29, 1.82) is 0 Å². The van der Waals surface area contributed by atoms with Crippen LogP contribution >= 0.6 is 0 Å². The third-order valence-corrected chi connectivity index (χ3v) is 10.7. The molecule has 0 aliphatic rings. The molecule has 0 radical (unpaired) electrons. The summed E-state index contributed by atoms with van der Waals surface area (Å²) in [6.45, 7) is 0. The van der Waals surface area contributed by atoms with Crippen LogP contribution in [0.25, 0.3) is 87.7 Å². The van der Waals surface area contributed by atoms with Gasteiger partial charge in [0.25, 0.3) is 0 Å². The lowest BCUT2D eigenvalue weighted by atomic mass is 9.95. The second-order valence-corrected chi connectivity index (χ2v) is 13.7. The molecule has 0 aliphatic heterocycles. The van der Waals surface area contributed by atoms with Crippen LogP contribution in [0.5, 0.6) is 0 Å². The first-order chi connectivity index (χ1) is 26.3. The Morgan fingerprint density at radius 2 is 0.811 bits per heavy atom. The molecule has 0 amide bonds. The predicted octanol–water partition coefficient (Wildman–Crippen LogP) is 14.6. The number of nitrogens with zero attached hydrogens (tertiary/aromatic N) is 1. The van der Waals surface area contributed by atoms with Crippen molar-refractivity contribution in [3.05, 3.63) is 188 Å². The van der Waals surface area contributed by atoms with Gasteiger partial charge in [0, 0.05) is 38.6 Å². The summed E-state index contributed by atoms with van der Waals surface area (Å²) in [6.07, 6.45) is 0. The van der Waals surface area contributed by atoms with Crippen molar-refractivity contribution < 1.29 is 8.83 Å². The van der Waals surface area contributed by atoms with Gasteiger partial charge in [0.05, 0.1) is 0 Å². The third kappa shape index (κ3) is 4.75. The molecule has 0 aliphatic carbocycles. The van der Waals surface area contributed by atoms with Gasteiger partial charge < -0.3 is 13.7 Å². The lowest BCUT2D eigenvalue weighted by Gasteiger charge is -2.26. The first kappa shape index (κ1) is 29.6. The topological polar surface area (TPSA) is 29.5 Å².